The van der Waals surface area contributed by atoms with Gasteiger partial charge in [0.25, 0.3) is 11.8 Å². The van der Waals surface area contributed by atoms with Gasteiger partial charge in [-0.1, -0.05) is 6.92 Å². The molecule has 1 aromatic carbocycles. The number of nitrogens with one attached hydrogen (secondary N) is 3. The van der Waals surface area contributed by atoms with Crippen molar-refractivity contribution in [1.29, 1.82) is 0 Å². The van der Waals surface area contributed by atoms with E-state index >= 15 is 0 Å². The van der Waals surface area contributed by atoms with Crippen LogP contribution >= 0.6 is 0 Å². The van der Waals surface area contributed by atoms with Crippen molar-refractivity contribution in [3.05, 3.63) is 27.8 Å². The molecule has 168 valence electrons. The van der Waals surface area contributed by atoms with Crippen LogP contribution in [0.25, 0.3) is 0 Å². The lowest BCUT2D eigenvalue weighted by Gasteiger charge is -2.24. The summed E-state index contributed by atoms with van der Waals surface area (Å²) in [5, 5.41) is 8.38. The number of amides is 3. The molecule has 3 amide bonds. The molecule has 1 rings (SSSR count). The molecule has 0 unspecified atom stereocenters. The number of rotatable bonds is 10. The number of hydrogen-bond acceptors (Lipinski definition) is 7. The summed E-state index contributed by atoms with van der Waals surface area (Å²) in [4.78, 5) is 38.2. The second kappa shape index (κ2) is 11.6. The third kappa shape index (κ3) is 5.76. The molecule has 0 aliphatic rings. The topological polar surface area (TPSA) is 191 Å². The standard InChI is InChI=1S/C20H35N7O3/c1-5-15(28)27-18-11(3)16(19(29)25-13(6-21)7-22)10(2)17(12(18)4)20(30)26-14(8-23)9-24/h13-14H,5-9,21-24H2,1-4H3,(H,25,29)(H,26,30)(H,27,28). The van der Waals surface area contributed by atoms with Crippen LogP contribution in [0.4, 0.5) is 5.69 Å². The number of benzene rings is 1. The van der Waals surface area contributed by atoms with Gasteiger partial charge in [-0.3, -0.25) is 14.4 Å². The smallest absolute Gasteiger partial charge is 0.252 e. The molecule has 0 aliphatic carbocycles. The molecule has 0 fully saturated rings. The first-order valence-corrected chi connectivity index (χ1v) is 10.0. The predicted molar refractivity (Wildman–Crippen MR) is 118 cm³/mol. The first-order chi connectivity index (χ1) is 14.2. The van der Waals surface area contributed by atoms with Crippen LogP contribution in [0.2, 0.25) is 0 Å². The van der Waals surface area contributed by atoms with E-state index in [1.165, 1.54) is 0 Å². The molecule has 0 heterocycles. The van der Waals surface area contributed by atoms with Gasteiger partial charge in [0.1, 0.15) is 0 Å². The number of hydrogen-bond donors (Lipinski definition) is 7. The van der Waals surface area contributed by atoms with Crippen LogP contribution in [0.15, 0.2) is 0 Å². The van der Waals surface area contributed by atoms with Crippen LogP contribution in [0.5, 0.6) is 0 Å². The van der Waals surface area contributed by atoms with Crippen molar-refractivity contribution < 1.29 is 14.4 Å². The summed E-state index contributed by atoms with van der Waals surface area (Å²) in [6, 6.07) is -0.829. The van der Waals surface area contributed by atoms with Crippen LogP contribution in [0.1, 0.15) is 50.8 Å². The number of carbonyl (C=O) groups excluding carboxylic acids is 3. The summed E-state index contributed by atoms with van der Waals surface area (Å²) in [5.74, 6) is -1.06. The third-order valence-corrected chi connectivity index (χ3v) is 5.10. The lowest BCUT2D eigenvalue weighted by molar-refractivity contribution is -0.115. The lowest BCUT2D eigenvalue weighted by Crippen LogP contribution is -2.46. The van der Waals surface area contributed by atoms with Gasteiger partial charge in [0, 0.05) is 49.4 Å². The third-order valence-electron chi connectivity index (χ3n) is 5.10. The maximum absolute atomic E-state index is 13.0. The molecule has 0 saturated carbocycles. The molecule has 0 aliphatic heterocycles. The molecular formula is C20H35N7O3. The molecule has 0 radical (unpaired) electrons. The predicted octanol–water partition coefficient (Wildman–Crippen LogP) is -1.01. The van der Waals surface area contributed by atoms with Gasteiger partial charge in [-0.05, 0) is 37.5 Å². The summed E-state index contributed by atoms with van der Waals surface area (Å²) < 4.78 is 0. The van der Waals surface area contributed by atoms with Gasteiger partial charge in [0.15, 0.2) is 0 Å². The van der Waals surface area contributed by atoms with Gasteiger partial charge in [0.05, 0.1) is 12.1 Å². The zero-order chi connectivity index (χ0) is 23.0. The van der Waals surface area contributed by atoms with Crippen molar-refractivity contribution in [2.45, 2.75) is 46.2 Å². The monoisotopic (exact) mass is 421 g/mol. The minimum Gasteiger partial charge on any atom is -0.347 e. The van der Waals surface area contributed by atoms with Crippen molar-refractivity contribution in [2.75, 3.05) is 31.5 Å². The Morgan fingerprint density at radius 1 is 0.733 bits per heavy atom. The fraction of sp³-hybridized carbons (Fsp3) is 0.550. The number of carbonyl (C=O) groups is 3. The van der Waals surface area contributed by atoms with E-state index in [-0.39, 0.29) is 38.5 Å². The zero-order valence-corrected chi connectivity index (χ0v) is 18.2. The maximum atomic E-state index is 13.0. The van der Waals surface area contributed by atoms with Crippen molar-refractivity contribution in [2.24, 2.45) is 22.9 Å². The minimum atomic E-state index is -0.416. The molecule has 0 atom stereocenters. The molecule has 30 heavy (non-hydrogen) atoms. The Balaban J connectivity index is 3.63. The summed E-state index contributed by atoms with van der Waals surface area (Å²) in [6.45, 7) is 7.56. The van der Waals surface area contributed by atoms with Crippen LogP contribution in [-0.2, 0) is 4.79 Å². The second-order valence-corrected chi connectivity index (χ2v) is 7.19. The molecule has 0 spiro atoms. The van der Waals surface area contributed by atoms with E-state index < -0.39 is 23.9 Å². The Bertz CT molecular complexity index is 734. The van der Waals surface area contributed by atoms with Gasteiger partial charge in [0.2, 0.25) is 5.91 Å². The highest BCUT2D eigenvalue weighted by Crippen LogP contribution is 2.31. The van der Waals surface area contributed by atoms with Crippen molar-refractivity contribution >= 4 is 23.4 Å². The van der Waals surface area contributed by atoms with Gasteiger partial charge in [-0.25, -0.2) is 0 Å². The van der Waals surface area contributed by atoms with E-state index in [2.05, 4.69) is 16.0 Å². The molecular weight excluding hydrogens is 386 g/mol. The second-order valence-electron chi connectivity index (χ2n) is 7.19. The van der Waals surface area contributed by atoms with Crippen molar-refractivity contribution in [3.8, 4) is 0 Å². The minimum absolute atomic E-state index is 0.174. The fourth-order valence-corrected chi connectivity index (χ4v) is 3.26. The molecule has 0 saturated heterocycles. The Morgan fingerprint density at radius 2 is 1.10 bits per heavy atom. The molecule has 1 aromatic rings. The first kappa shape index (κ1) is 25.5. The van der Waals surface area contributed by atoms with Crippen molar-refractivity contribution in [3.63, 3.8) is 0 Å². The Morgan fingerprint density at radius 3 is 1.40 bits per heavy atom. The van der Waals surface area contributed by atoms with Crippen LogP contribution < -0.4 is 38.9 Å². The average Bonchev–Trinajstić information content (AvgIpc) is 2.72. The van der Waals surface area contributed by atoms with Crippen molar-refractivity contribution in [1.82, 2.24) is 10.6 Å². The highest BCUT2D eigenvalue weighted by molar-refractivity contribution is 6.07. The fourth-order valence-electron chi connectivity index (χ4n) is 3.26. The molecule has 0 bridgehead atoms. The molecule has 11 N–H and O–H groups in total. The first-order valence-electron chi connectivity index (χ1n) is 10.0. The zero-order valence-electron chi connectivity index (χ0n) is 18.2. The van der Waals surface area contributed by atoms with E-state index in [9.17, 15) is 14.4 Å². The van der Waals surface area contributed by atoms with Crippen LogP contribution in [-0.4, -0.2) is 56.0 Å². The summed E-state index contributed by atoms with van der Waals surface area (Å²) in [6.07, 6.45) is 0.251. The highest BCUT2D eigenvalue weighted by atomic mass is 16.2. The molecule has 0 aromatic heterocycles. The van der Waals surface area contributed by atoms with E-state index in [0.717, 1.165) is 0 Å². The Kier molecular flexibility index (Phi) is 9.86. The SMILES string of the molecule is CCC(=O)Nc1c(C)c(C(=O)NC(CN)CN)c(C)c(C(=O)NC(CN)CN)c1C. The van der Waals surface area contributed by atoms with Crippen LogP contribution in [0, 0.1) is 20.8 Å². The quantitative estimate of drug-likeness (QED) is 0.251. The highest BCUT2D eigenvalue weighted by Gasteiger charge is 2.27. The largest absolute Gasteiger partial charge is 0.347 e. The summed E-state index contributed by atoms with van der Waals surface area (Å²) >= 11 is 0. The maximum Gasteiger partial charge on any atom is 0.252 e. The van der Waals surface area contributed by atoms with E-state index in [4.69, 9.17) is 22.9 Å². The van der Waals surface area contributed by atoms with E-state index in [1.807, 2.05) is 0 Å². The van der Waals surface area contributed by atoms with Gasteiger partial charge < -0.3 is 38.9 Å². The number of anilines is 1. The van der Waals surface area contributed by atoms with Crippen LogP contribution in [0.3, 0.4) is 0 Å². The molecule has 10 nitrogen and oxygen atoms in total. The lowest BCUT2D eigenvalue weighted by atomic mass is 9.89. The molecule has 10 heteroatoms. The average molecular weight is 422 g/mol. The normalized spacial score (nSPS) is 11.0. The van der Waals surface area contributed by atoms with E-state index in [0.29, 0.717) is 33.5 Å². The Hall–Kier alpha value is -2.53. The summed E-state index contributed by atoms with van der Waals surface area (Å²) in [7, 11) is 0. The number of nitrogens with two attached hydrogens (primary N) is 4. The van der Waals surface area contributed by atoms with Gasteiger partial charge >= 0.3 is 0 Å². The summed E-state index contributed by atoms with van der Waals surface area (Å²) in [5.41, 5.74) is 25.2. The van der Waals surface area contributed by atoms with Gasteiger partial charge in [-0.15, -0.1) is 0 Å². The van der Waals surface area contributed by atoms with Gasteiger partial charge in [-0.2, -0.15) is 0 Å². The van der Waals surface area contributed by atoms with E-state index in [1.54, 1.807) is 27.7 Å². The Labute approximate surface area is 177 Å².